The second-order valence-electron chi connectivity index (χ2n) is 7.48. The van der Waals surface area contributed by atoms with Crippen LogP contribution in [0.2, 0.25) is 10.0 Å². The van der Waals surface area contributed by atoms with Crippen LogP contribution in [-0.2, 0) is 7.05 Å². The number of aryl methyl sites for hydroxylation is 2. The molecule has 1 aliphatic rings. The SMILES string of the molecule is Cc1nn(C(C)C)c2c1C(c1ccc(Cl)cc1)N(c1cc(Cl)c(=O)n(C)c1)C2=O. The standard InChI is InChI=1S/C21H20Cl2N4O2/c1-11(2)27-19-17(12(3)24-27)18(13-5-7-14(22)8-6-13)26(21(19)29)15-9-16(23)20(28)25(4)10-15/h5-11,18H,1-4H3. The zero-order valence-corrected chi connectivity index (χ0v) is 18.0. The molecule has 0 spiro atoms. The van der Waals surface area contributed by atoms with Crippen LogP contribution >= 0.6 is 23.2 Å². The van der Waals surface area contributed by atoms with E-state index in [1.54, 1.807) is 41.0 Å². The summed E-state index contributed by atoms with van der Waals surface area (Å²) in [5.74, 6) is -0.177. The number of rotatable bonds is 3. The van der Waals surface area contributed by atoms with Crippen molar-refractivity contribution < 1.29 is 4.79 Å². The third-order valence-corrected chi connectivity index (χ3v) is 5.69. The number of aromatic nitrogens is 3. The molecule has 29 heavy (non-hydrogen) atoms. The minimum atomic E-state index is -0.393. The quantitative estimate of drug-likeness (QED) is 0.613. The van der Waals surface area contributed by atoms with Crippen molar-refractivity contribution in [2.24, 2.45) is 7.05 Å². The Morgan fingerprint density at radius 1 is 1.10 bits per heavy atom. The van der Waals surface area contributed by atoms with Crippen molar-refractivity contribution in [3.05, 3.63) is 79.4 Å². The normalized spacial score (nSPS) is 16.0. The summed E-state index contributed by atoms with van der Waals surface area (Å²) in [5.41, 5.74) is 3.34. The van der Waals surface area contributed by atoms with E-state index in [4.69, 9.17) is 23.2 Å². The minimum Gasteiger partial charge on any atom is -0.315 e. The van der Waals surface area contributed by atoms with Crippen LogP contribution in [0, 0.1) is 6.92 Å². The molecule has 8 heteroatoms. The fourth-order valence-electron chi connectivity index (χ4n) is 3.85. The van der Waals surface area contributed by atoms with Gasteiger partial charge in [0.2, 0.25) is 0 Å². The summed E-state index contributed by atoms with van der Waals surface area (Å²) < 4.78 is 3.15. The molecule has 1 amide bonds. The smallest absolute Gasteiger partial charge is 0.277 e. The van der Waals surface area contributed by atoms with E-state index in [0.29, 0.717) is 16.4 Å². The number of carbonyl (C=O) groups excluding carboxylic acids is 1. The van der Waals surface area contributed by atoms with Crippen molar-refractivity contribution in [1.82, 2.24) is 14.3 Å². The van der Waals surface area contributed by atoms with Gasteiger partial charge in [-0.3, -0.25) is 19.2 Å². The van der Waals surface area contributed by atoms with Gasteiger partial charge in [0.1, 0.15) is 10.7 Å². The molecule has 0 N–H and O–H groups in total. The molecular weight excluding hydrogens is 411 g/mol. The van der Waals surface area contributed by atoms with Gasteiger partial charge in [0.25, 0.3) is 11.5 Å². The van der Waals surface area contributed by atoms with E-state index in [1.165, 1.54) is 4.57 Å². The lowest BCUT2D eigenvalue weighted by atomic mass is 9.99. The lowest BCUT2D eigenvalue weighted by Crippen LogP contribution is -2.32. The van der Waals surface area contributed by atoms with E-state index in [0.717, 1.165) is 16.8 Å². The zero-order valence-electron chi connectivity index (χ0n) is 16.5. The first-order valence-electron chi connectivity index (χ1n) is 9.25. The average Bonchev–Trinajstić information content (AvgIpc) is 3.16. The highest BCUT2D eigenvalue weighted by atomic mass is 35.5. The molecule has 0 fully saturated rings. The highest BCUT2D eigenvalue weighted by molar-refractivity contribution is 6.31. The molecule has 4 rings (SSSR count). The van der Waals surface area contributed by atoms with Gasteiger partial charge in [-0.25, -0.2) is 0 Å². The number of hydrogen-bond acceptors (Lipinski definition) is 3. The van der Waals surface area contributed by atoms with E-state index in [2.05, 4.69) is 5.10 Å². The molecule has 0 radical (unpaired) electrons. The average molecular weight is 431 g/mol. The monoisotopic (exact) mass is 430 g/mol. The predicted octanol–water partition coefficient (Wildman–Crippen LogP) is 4.53. The lowest BCUT2D eigenvalue weighted by Gasteiger charge is -2.27. The summed E-state index contributed by atoms with van der Waals surface area (Å²) in [5, 5.41) is 5.29. The van der Waals surface area contributed by atoms with Gasteiger partial charge < -0.3 is 4.57 Å². The van der Waals surface area contributed by atoms with Crippen LogP contribution in [0.15, 0.2) is 41.3 Å². The number of amides is 1. The fraction of sp³-hybridized carbons (Fsp3) is 0.286. The van der Waals surface area contributed by atoms with Gasteiger partial charge in [0.15, 0.2) is 0 Å². The summed E-state index contributed by atoms with van der Waals surface area (Å²) in [6.07, 6.45) is 1.63. The molecule has 1 unspecified atom stereocenters. The molecule has 0 aliphatic carbocycles. The number of fused-ring (bicyclic) bond motifs is 1. The Morgan fingerprint density at radius 2 is 1.76 bits per heavy atom. The van der Waals surface area contributed by atoms with Gasteiger partial charge in [-0.1, -0.05) is 35.3 Å². The van der Waals surface area contributed by atoms with Gasteiger partial charge >= 0.3 is 0 Å². The first kappa shape index (κ1) is 19.7. The molecule has 0 saturated carbocycles. The van der Waals surface area contributed by atoms with Crippen molar-refractivity contribution in [3.8, 4) is 0 Å². The van der Waals surface area contributed by atoms with Crippen LogP contribution in [0.1, 0.15) is 53.2 Å². The first-order chi connectivity index (χ1) is 13.7. The van der Waals surface area contributed by atoms with E-state index in [9.17, 15) is 9.59 Å². The Labute approximate surface area is 178 Å². The molecule has 3 aromatic rings. The van der Waals surface area contributed by atoms with E-state index in [1.807, 2.05) is 32.9 Å². The van der Waals surface area contributed by atoms with Gasteiger partial charge in [-0.15, -0.1) is 0 Å². The van der Waals surface area contributed by atoms with Crippen LogP contribution in [-0.4, -0.2) is 20.3 Å². The highest BCUT2D eigenvalue weighted by Gasteiger charge is 2.44. The number of hydrogen-bond donors (Lipinski definition) is 0. The highest BCUT2D eigenvalue weighted by Crippen LogP contribution is 2.44. The zero-order chi connectivity index (χ0) is 21.0. The molecular formula is C21H20Cl2N4O2. The topological polar surface area (TPSA) is 60.1 Å². The van der Waals surface area contributed by atoms with E-state index < -0.39 is 6.04 Å². The summed E-state index contributed by atoms with van der Waals surface area (Å²) in [4.78, 5) is 27.3. The van der Waals surface area contributed by atoms with Crippen molar-refractivity contribution in [1.29, 1.82) is 0 Å². The largest absolute Gasteiger partial charge is 0.315 e. The van der Waals surface area contributed by atoms with Crippen LogP contribution in [0.5, 0.6) is 0 Å². The molecule has 2 aromatic heterocycles. The first-order valence-corrected chi connectivity index (χ1v) is 10.0. The number of pyridine rings is 1. The maximum atomic E-state index is 13.6. The molecule has 1 aromatic carbocycles. The van der Waals surface area contributed by atoms with Crippen LogP contribution in [0.3, 0.4) is 0 Å². The summed E-state index contributed by atoms with van der Waals surface area (Å²) in [6.45, 7) is 5.89. The van der Waals surface area contributed by atoms with Gasteiger partial charge in [-0.05, 0) is 44.5 Å². The molecule has 1 aliphatic heterocycles. The summed E-state index contributed by atoms with van der Waals surface area (Å²) >= 11 is 12.2. The van der Waals surface area contributed by atoms with Crippen molar-refractivity contribution >= 4 is 34.8 Å². The van der Waals surface area contributed by atoms with Crippen molar-refractivity contribution in [3.63, 3.8) is 0 Å². The fourth-order valence-corrected chi connectivity index (χ4v) is 4.22. The Bertz CT molecular complexity index is 1150. The molecule has 3 heterocycles. The summed E-state index contributed by atoms with van der Waals surface area (Å²) in [6, 6.07) is 8.57. The number of benzene rings is 1. The second kappa shape index (κ2) is 7.04. The minimum absolute atomic E-state index is 0.0240. The van der Waals surface area contributed by atoms with E-state index in [-0.39, 0.29) is 22.5 Å². The molecule has 0 saturated heterocycles. The maximum absolute atomic E-state index is 13.6. The van der Waals surface area contributed by atoms with Crippen LogP contribution in [0.4, 0.5) is 5.69 Å². The third-order valence-electron chi connectivity index (χ3n) is 5.16. The lowest BCUT2D eigenvalue weighted by molar-refractivity contribution is 0.0982. The Hall–Kier alpha value is -2.57. The Balaban J connectivity index is 1.99. The van der Waals surface area contributed by atoms with Crippen LogP contribution in [0.25, 0.3) is 0 Å². The van der Waals surface area contributed by atoms with Crippen molar-refractivity contribution in [2.75, 3.05) is 4.90 Å². The Morgan fingerprint density at radius 3 is 2.34 bits per heavy atom. The Kier molecular flexibility index (Phi) is 4.79. The van der Waals surface area contributed by atoms with Gasteiger partial charge in [0, 0.05) is 29.9 Å². The second-order valence-corrected chi connectivity index (χ2v) is 8.32. The van der Waals surface area contributed by atoms with Gasteiger partial charge in [0.05, 0.1) is 17.4 Å². The number of nitrogens with zero attached hydrogens (tertiary/aromatic N) is 4. The number of carbonyl (C=O) groups is 1. The predicted molar refractivity (Wildman–Crippen MR) is 114 cm³/mol. The molecule has 150 valence electrons. The van der Waals surface area contributed by atoms with Crippen LogP contribution < -0.4 is 10.5 Å². The van der Waals surface area contributed by atoms with Gasteiger partial charge in [-0.2, -0.15) is 5.10 Å². The third kappa shape index (κ3) is 3.07. The van der Waals surface area contributed by atoms with E-state index >= 15 is 0 Å². The van der Waals surface area contributed by atoms with Crippen molar-refractivity contribution in [2.45, 2.75) is 32.9 Å². The molecule has 6 nitrogen and oxygen atoms in total. The molecule has 0 bridgehead atoms. The maximum Gasteiger partial charge on any atom is 0.277 e. The molecule has 1 atom stereocenters. The number of halogens is 2. The number of anilines is 1. The summed E-state index contributed by atoms with van der Waals surface area (Å²) in [7, 11) is 1.61.